The molecule has 0 bridgehead atoms. The highest BCUT2D eigenvalue weighted by Gasteiger charge is 2.19. The maximum absolute atomic E-state index is 11.0. The van der Waals surface area contributed by atoms with Gasteiger partial charge in [0.25, 0.3) is 10.1 Å². The molecule has 0 fully saturated rings. The van der Waals surface area contributed by atoms with Crippen molar-refractivity contribution in [3.8, 4) is 0 Å². The van der Waals surface area contributed by atoms with Crippen LogP contribution in [-0.4, -0.2) is 29.9 Å². The van der Waals surface area contributed by atoms with Crippen molar-refractivity contribution in [3.05, 3.63) is 0 Å². The molecular formula is C14H30O4S. The summed E-state index contributed by atoms with van der Waals surface area (Å²) in [5.41, 5.74) is 0. The van der Waals surface area contributed by atoms with Gasteiger partial charge in [-0.15, -0.1) is 0 Å². The van der Waals surface area contributed by atoms with Crippen LogP contribution >= 0.6 is 0 Å². The molecule has 0 aromatic rings. The fourth-order valence-corrected chi connectivity index (χ4v) is 3.17. The summed E-state index contributed by atoms with van der Waals surface area (Å²) in [7, 11) is -3.85. The standard InChI is InChI=1S/C14H30O4S/c1-2-14(19(16,17)18)12-10-8-6-4-3-5-7-9-11-13-15/h14-15H,2-13H2,1H3,(H,16,17,18). The van der Waals surface area contributed by atoms with Crippen LogP contribution in [0.4, 0.5) is 0 Å². The summed E-state index contributed by atoms with van der Waals surface area (Å²) in [6.07, 6.45) is 11.0. The van der Waals surface area contributed by atoms with Crippen LogP contribution in [0.1, 0.15) is 77.6 Å². The Hall–Kier alpha value is -0.130. The lowest BCUT2D eigenvalue weighted by Crippen LogP contribution is -2.19. The molecule has 0 aliphatic heterocycles. The largest absolute Gasteiger partial charge is 0.396 e. The molecule has 0 heterocycles. The molecule has 0 rings (SSSR count). The lowest BCUT2D eigenvalue weighted by Gasteiger charge is -2.10. The Labute approximate surface area is 118 Å². The lowest BCUT2D eigenvalue weighted by atomic mass is 10.1. The van der Waals surface area contributed by atoms with Crippen LogP contribution in [0, 0.1) is 0 Å². The molecule has 0 saturated carbocycles. The van der Waals surface area contributed by atoms with Crippen molar-refractivity contribution in [1.82, 2.24) is 0 Å². The van der Waals surface area contributed by atoms with Gasteiger partial charge in [-0.25, -0.2) is 0 Å². The minimum atomic E-state index is -3.85. The molecule has 1 unspecified atom stereocenters. The normalized spacial score (nSPS) is 13.6. The van der Waals surface area contributed by atoms with E-state index in [1.165, 1.54) is 25.7 Å². The smallest absolute Gasteiger partial charge is 0.267 e. The Kier molecular flexibility index (Phi) is 11.6. The topological polar surface area (TPSA) is 74.6 Å². The molecule has 19 heavy (non-hydrogen) atoms. The molecule has 1 atom stereocenters. The van der Waals surface area contributed by atoms with E-state index < -0.39 is 15.4 Å². The van der Waals surface area contributed by atoms with Crippen molar-refractivity contribution in [2.45, 2.75) is 82.8 Å². The van der Waals surface area contributed by atoms with E-state index >= 15 is 0 Å². The predicted molar refractivity (Wildman–Crippen MR) is 78.9 cm³/mol. The SMILES string of the molecule is CCC(CCCCCCCCCCCO)S(=O)(=O)O. The zero-order valence-electron chi connectivity index (χ0n) is 12.2. The zero-order chi connectivity index (χ0) is 14.6. The van der Waals surface area contributed by atoms with E-state index in [-0.39, 0.29) is 0 Å². The molecule has 0 aliphatic carbocycles. The molecule has 4 nitrogen and oxygen atoms in total. The van der Waals surface area contributed by atoms with E-state index in [0.717, 1.165) is 32.1 Å². The first kappa shape index (κ1) is 18.9. The molecule has 0 amide bonds. The van der Waals surface area contributed by atoms with Crippen LogP contribution < -0.4 is 0 Å². The zero-order valence-corrected chi connectivity index (χ0v) is 13.0. The van der Waals surface area contributed by atoms with E-state index in [1.54, 1.807) is 6.92 Å². The van der Waals surface area contributed by atoms with Gasteiger partial charge in [0.1, 0.15) is 0 Å². The van der Waals surface area contributed by atoms with Gasteiger partial charge in [0.15, 0.2) is 0 Å². The van der Waals surface area contributed by atoms with Crippen molar-refractivity contribution >= 4 is 10.1 Å². The van der Waals surface area contributed by atoms with Crippen LogP contribution in [-0.2, 0) is 10.1 Å². The van der Waals surface area contributed by atoms with E-state index in [1.807, 2.05) is 0 Å². The van der Waals surface area contributed by atoms with Crippen molar-refractivity contribution in [2.75, 3.05) is 6.61 Å². The van der Waals surface area contributed by atoms with Gasteiger partial charge in [0, 0.05) is 6.61 Å². The van der Waals surface area contributed by atoms with Gasteiger partial charge in [-0.05, 0) is 19.3 Å². The van der Waals surface area contributed by atoms with Gasteiger partial charge in [0.2, 0.25) is 0 Å². The molecule has 0 radical (unpaired) electrons. The van der Waals surface area contributed by atoms with Crippen LogP contribution in [0.15, 0.2) is 0 Å². The van der Waals surface area contributed by atoms with Crippen LogP contribution in [0.25, 0.3) is 0 Å². The third-order valence-electron chi connectivity index (χ3n) is 3.56. The van der Waals surface area contributed by atoms with Gasteiger partial charge in [-0.3, -0.25) is 4.55 Å². The Balaban J connectivity index is 3.35. The first-order valence-corrected chi connectivity index (χ1v) is 9.09. The Morgan fingerprint density at radius 3 is 1.63 bits per heavy atom. The molecule has 116 valence electrons. The molecule has 5 heteroatoms. The number of rotatable bonds is 13. The predicted octanol–water partition coefficient (Wildman–Crippen LogP) is 3.55. The summed E-state index contributed by atoms with van der Waals surface area (Å²) in [6, 6.07) is 0. The Bertz CT molecular complexity index is 288. The monoisotopic (exact) mass is 294 g/mol. The highest BCUT2D eigenvalue weighted by molar-refractivity contribution is 7.86. The van der Waals surface area contributed by atoms with Crippen molar-refractivity contribution < 1.29 is 18.1 Å². The number of aliphatic hydroxyl groups excluding tert-OH is 1. The highest BCUT2D eigenvalue weighted by Crippen LogP contribution is 2.15. The number of hydrogen-bond acceptors (Lipinski definition) is 3. The van der Waals surface area contributed by atoms with Crippen LogP contribution in [0.5, 0.6) is 0 Å². The molecular weight excluding hydrogens is 264 g/mol. The minimum absolute atomic E-state index is 0.298. The Morgan fingerprint density at radius 2 is 1.26 bits per heavy atom. The van der Waals surface area contributed by atoms with E-state index in [2.05, 4.69) is 0 Å². The summed E-state index contributed by atoms with van der Waals surface area (Å²) in [6.45, 7) is 2.09. The third-order valence-corrected chi connectivity index (χ3v) is 4.97. The first-order chi connectivity index (χ1) is 9.02. The van der Waals surface area contributed by atoms with E-state index in [9.17, 15) is 8.42 Å². The summed E-state index contributed by atoms with van der Waals surface area (Å²) >= 11 is 0. The molecule has 0 aromatic carbocycles. The second kappa shape index (κ2) is 11.7. The quantitative estimate of drug-likeness (QED) is 0.402. The average molecular weight is 294 g/mol. The summed E-state index contributed by atoms with van der Waals surface area (Å²) in [4.78, 5) is 0. The fourth-order valence-electron chi connectivity index (χ4n) is 2.28. The molecule has 0 saturated heterocycles. The number of aliphatic hydroxyl groups is 1. The maximum Gasteiger partial charge on any atom is 0.267 e. The first-order valence-electron chi connectivity index (χ1n) is 7.59. The van der Waals surface area contributed by atoms with Gasteiger partial charge in [0.05, 0.1) is 5.25 Å². The second-order valence-electron chi connectivity index (χ2n) is 5.24. The van der Waals surface area contributed by atoms with E-state index in [0.29, 0.717) is 19.4 Å². The summed E-state index contributed by atoms with van der Waals surface area (Å²) in [5.74, 6) is 0. The minimum Gasteiger partial charge on any atom is -0.396 e. The fraction of sp³-hybridized carbons (Fsp3) is 1.00. The van der Waals surface area contributed by atoms with Gasteiger partial charge in [-0.2, -0.15) is 8.42 Å². The van der Waals surface area contributed by atoms with Crippen molar-refractivity contribution in [1.29, 1.82) is 0 Å². The van der Waals surface area contributed by atoms with Gasteiger partial charge < -0.3 is 5.11 Å². The van der Waals surface area contributed by atoms with Gasteiger partial charge in [-0.1, -0.05) is 58.3 Å². The molecule has 0 spiro atoms. The summed E-state index contributed by atoms with van der Waals surface area (Å²) < 4.78 is 31.0. The van der Waals surface area contributed by atoms with E-state index in [4.69, 9.17) is 9.66 Å². The van der Waals surface area contributed by atoms with Crippen molar-refractivity contribution in [3.63, 3.8) is 0 Å². The highest BCUT2D eigenvalue weighted by atomic mass is 32.2. The van der Waals surface area contributed by atoms with Gasteiger partial charge >= 0.3 is 0 Å². The van der Waals surface area contributed by atoms with Crippen molar-refractivity contribution in [2.24, 2.45) is 0 Å². The number of unbranched alkanes of at least 4 members (excludes halogenated alkanes) is 8. The Morgan fingerprint density at radius 1 is 0.842 bits per heavy atom. The average Bonchev–Trinajstić information content (AvgIpc) is 2.34. The number of hydrogen-bond donors (Lipinski definition) is 2. The molecule has 0 aromatic heterocycles. The van der Waals surface area contributed by atoms with Crippen LogP contribution in [0.3, 0.4) is 0 Å². The molecule has 2 N–H and O–H groups in total. The lowest BCUT2D eigenvalue weighted by molar-refractivity contribution is 0.282. The maximum atomic E-state index is 11.0. The second-order valence-corrected chi connectivity index (χ2v) is 6.94. The van der Waals surface area contributed by atoms with Crippen LogP contribution in [0.2, 0.25) is 0 Å². The third kappa shape index (κ3) is 11.4. The molecule has 0 aliphatic rings. The summed E-state index contributed by atoms with van der Waals surface area (Å²) in [5, 5.41) is 8.05.